The molecule has 154 valence electrons. The molecule has 7 nitrogen and oxygen atoms in total. The SMILES string of the molecule is C=N/N=C(\C=C/C)c1ccc(F)cc1OCCOCCNC(=O)OC(C)(C)C. The monoisotopic (exact) mass is 393 g/mol. The summed E-state index contributed by atoms with van der Waals surface area (Å²) in [6.07, 6.45) is 3.02. The molecule has 1 rings (SSSR count). The van der Waals surface area contributed by atoms with Crippen molar-refractivity contribution in [2.45, 2.75) is 33.3 Å². The summed E-state index contributed by atoms with van der Waals surface area (Å²) in [5.41, 5.74) is 0.561. The van der Waals surface area contributed by atoms with Gasteiger partial charge in [-0.05, 0) is 45.9 Å². The number of hydrogen-bond donors (Lipinski definition) is 1. The van der Waals surface area contributed by atoms with Crippen molar-refractivity contribution in [2.24, 2.45) is 10.2 Å². The van der Waals surface area contributed by atoms with Gasteiger partial charge in [0.25, 0.3) is 0 Å². The predicted octanol–water partition coefficient (Wildman–Crippen LogP) is 3.73. The highest BCUT2D eigenvalue weighted by Gasteiger charge is 2.15. The lowest BCUT2D eigenvalue weighted by atomic mass is 10.1. The van der Waals surface area contributed by atoms with E-state index >= 15 is 0 Å². The Morgan fingerprint density at radius 1 is 1.29 bits per heavy atom. The second-order valence-corrected chi connectivity index (χ2v) is 6.66. The third-order valence-electron chi connectivity index (χ3n) is 3.12. The summed E-state index contributed by atoms with van der Waals surface area (Å²) in [6.45, 7) is 11.6. The molecule has 28 heavy (non-hydrogen) atoms. The molecule has 1 aromatic rings. The number of benzene rings is 1. The summed E-state index contributed by atoms with van der Waals surface area (Å²) >= 11 is 0. The molecule has 0 radical (unpaired) electrons. The fraction of sp³-hybridized carbons (Fsp3) is 0.450. The van der Waals surface area contributed by atoms with Gasteiger partial charge >= 0.3 is 6.09 Å². The topological polar surface area (TPSA) is 81.5 Å². The second kappa shape index (κ2) is 11.9. The minimum Gasteiger partial charge on any atom is -0.490 e. The van der Waals surface area contributed by atoms with Crippen molar-refractivity contribution in [3.8, 4) is 5.75 Å². The van der Waals surface area contributed by atoms with E-state index in [9.17, 15) is 9.18 Å². The van der Waals surface area contributed by atoms with Crippen LogP contribution in [0.25, 0.3) is 0 Å². The Balaban J connectivity index is 2.47. The van der Waals surface area contributed by atoms with Crippen LogP contribution in [0.1, 0.15) is 33.3 Å². The number of carbonyl (C=O) groups is 1. The van der Waals surface area contributed by atoms with Crippen LogP contribution in [-0.4, -0.2) is 50.5 Å². The van der Waals surface area contributed by atoms with Crippen molar-refractivity contribution in [1.82, 2.24) is 5.32 Å². The maximum absolute atomic E-state index is 13.6. The van der Waals surface area contributed by atoms with Gasteiger partial charge in [0.05, 0.1) is 18.9 Å². The van der Waals surface area contributed by atoms with Gasteiger partial charge in [-0.15, -0.1) is 0 Å². The molecule has 0 saturated heterocycles. The van der Waals surface area contributed by atoms with Gasteiger partial charge in [-0.1, -0.05) is 6.08 Å². The number of carbonyl (C=O) groups excluding carboxylic acids is 1. The fourth-order valence-corrected chi connectivity index (χ4v) is 2.09. The molecule has 1 N–H and O–H groups in total. The van der Waals surface area contributed by atoms with E-state index in [2.05, 4.69) is 22.2 Å². The van der Waals surface area contributed by atoms with Crippen molar-refractivity contribution in [3.63, 3.8) is 0 Å². The molecule has 0 aliphatic heterocycles. The maximum atomic E-state index is 13.6. The van der Waals surface area contributed by atoms with E-state index in [1.807, 2.05) is 6.92 Å². The van der Waals surface area contributed by atoms with Crippen molar-refractivity contribution in [3.05, 3.63) is 41.7 Å². The van der Waals surface area contributed by atoms with E-state index in [1.165, 1.54) is 12.1 Å². The van der Waals surface area contributed by atoms with Gasteiger partial charge < -0.3 is 19.5 Å². The van der Waals surface area contributed by atoms with E-state index < -0.39 is 17.5 Å². The standard InChI is InChI=1S/C20H28FN3O4/c1-6-7-17(24-22-5)16-9-8-15(21)14-18(16)27-13-12-26-11-10-23-19(25)28-20(2,3)4/h6-9,14H,5,10-13H2,1-4H3,(H,23,25)/b7-6-,24-17+. The number of nitrogens with one attached hydrogen (secondary N) is 1. The van der Waals surface area contributed by atoms with Gasteiger partial charge in [0.15, 0.2) is 0 Å². The first-order valence-electron chi connectivity index (χ1n) is 8.90. The second-order valence-electron chi connectivity index (χ2n) is 6.66. The number of rotatable bonds is 10. The number of halogens is 1. The first-order valence-corrected chi connectivity index (χ1v) is 8.90. The van der Waals surface area contributed by atoms with E-state index in [1.54, 1.807) is 39.0 Å². The number of amides is 1. The normalized spacial score (nSPS) is 12.1. The number of nitrogens with zero attached hydrogens (tertiary/aromatic N) is 2. The lowest BCUT2D eigenvalue weighted by Crippen LogP contribution is -2.34. The van der Waals surface area contributed by atoms with Crippen LogP contribution in [0.2, 0.25) is 0 Å². The molecule has 1 amide bonds. The van der Waals surface area contributed by atoms with Gasteiger partial charge in [-0.25, -0.2) is 9.18 Å². The highest BCUT2D eigenvalue weighted by atomic mass is 19.1. The van der Waals surface area contributed by atoms with Gasteiger partial charge in [0, 0.05) is 24.9 Å². The minimum absolute atomic E-state index is 0.202. The molecule has 0 saturated carbocycles. The third kappa shape index (κ3) is 9.27. The number of hydrogen-bond acceptors (Lipinski definition) is 6. The Bertz CT molecular complexity index is 712. The smallest absolute Gasteiger partial charge is 0.407 e. The molecular formula is C20H28FN3O4. The summed E-state index contributed by atoms with van der Waals surface area (Å²) in [6, 6.07) is 4.17. The van der Waals surface area contributed by atoms with Crippen LogP contribution in [0.4, 0.5) is 9.18 Å². The van der Waals surface area contributed by atoms with Crippen molar-refractivity contribution >= 4 is 18.5 Å². The summed E-state index contributed by atoms with van der Waals surface area (Å²) in [4.78, 5) is 11.5. The van der Waals surface area contributed by atoms with Crippen LogP contribution in [0, 0.1) is 5.82 Å². The van der Waals surface area contributed by atoms with Crippen molar-refractivity contribution in [2.75, 3.05) is 26.4 Å². The highest BCUT2D eigenvalue weighted by molar-refractivity contribution is 6.10. The predicted molar refractivity (Wildman–Crippen MR) is 108 cm³/mol. The Morgan fingerprint density at radius 3 is 2.68 bits per heavy atom. The molecule has 8 heteroatoms. The van der Waals surface area contributed by atoms with E-state index in [4.69, 9.17) is 14.2 Å². The Labute approximate surface area is 165 Å². The Kier molecular flexibility index (Phi) is 9.87. The van der Waals surface area contributed by atoms with Crippen molar-refractivity contribution in [1.29, 1.82) is 0 Å². The molecule has 0 fully saturated rings. The lowest BCUT2D eigenvalue weighted by molar-refractivity contribution is 0.0489. The molecule has 1 aromatic carbocycles. The molecule has 0 spiro atoms. The summed E-state index contributed by atoms with van der Waals surface area (Å²) in [5.74, 6) is -0.0939. The van der Waals surface area contributed by atoms with Crippen LogP contribution in [-0.2, 0) is 9.47 Å². The van der Waals surface area contributed by atoms with Crippen LogP contribution >= 0.6 is 0 Å². The average Bonchev–Trinajstić information content (AvgIpc) is 2.59. The van der Waals surface area contributed by atoms with Gasteiger partial charge in [0.2, 0.25) is 0 Å². The van der Waals surface area contributed by atoms with Gasteiger partial charge in [0.1, 0.15) is 23.8 Å². The van der Waals surface area contributed by atoms with Crippen molar-refractivity contribution < 1.29 is 23.4 Å². The number of allylic oxidation sites excluding steroid dienone is 2. The van der Waals surface area contributed by atoms with Gasteiger partial charge in [-0.2, -0.15) is 10.2 Å². The zero-order valence-corrected chi connectivity index (χ0v) is 16.8. The van der Waals surface area contributed by atoms with Gasteiger partial charge in [-0.3, -0.25) is 0 Å². The van der Waals surface area contributed by atoms with Crippen LogP contribution in [0.3, 0.4) is 0 Å². The third-order valence-corrected chi connectivity index (χ3v) is 3.12. The quantitative estimate of drug-likeness (QED) is 0.373. The van der Waals surface area contributed by atoms with Crippen LogP contribution < -0.4 is 10.1 Å². The lowest BCUT2D eigenvalue weighted by Gasteiger charge is -2.19. The number of alkyl carbamates (subject to hydrolysis) is 1. The van der Waals surface area contributed by atoms with E-state index in [0.29, 0.717) is 30.2 Å². The summed E-state index contributed by atoms with van der Waals surface area (Å²) in [5, 5.41) is 10.1. The zero-order valence-electron chi connectivity index (χ0n) is 16.8. The molecule has 0 unspecified atom stereocenters. The largest absolute Gasteiger partial charge is 0.490 e. The van der Waals surface area contributed by atoms with E-state index in [0.717, 1.165) is 0 Å². The summed E-state index contributed by atoms with van der Waals surface area (Å²) < 4.78 is 29.7. The molecule has 0 atom stereocenters. The van der Waals surface area contributed by atoms with Crippen LogP contribution in [0.15, 0.2) is 40.6 Å². The number of ether oxygens (including phenoxy) is 3. The molecular weight excluding hydrogens is 365 g/mol. The first kappa shape index (κ1) is 23.3. The van der Waals surface area contributed by atoms with Crippen LogP contribution in [0.5, 0.6) is 5.75 Å². The molecule has 0 aliphatic rings. The van der Waals surface area contributed by atoms with E-state index in [-0.39, 0.29) is 13.2 Å². The fourth-order valence-electron chi connectivity index (χ4n) is 2.09. The zero-order chi connectivity index (χ0) is 21.0. The first-order chi connectivity index (χ1) is 13.3. The minimum atomic E-state index is -0.544. The Morgan fingerprint density at radius 2 is 2.04 bits per heavy atom. The summed E-state index contributed by atoms with van der Waals surface area (Å²) in [7, 11) is 0. The molecule has 0 aromatic heterocycles. The molecule has 0 aliphatic carbocycles. The maximum Gasteiger partial charge on any atom is 0.407 e. The molecule has 0 bridgehead atoms. The average molecular weight is 393 g/mol. The molecule has 0 heterocycles. The Hall–Kier alpha value is -2.74. The highest BCUT2D eigenvalue weighted by Crippen LogP contribution is 2.22.